The van der Waals surface area contributed by atoms with Gasteiger partial charge in [-0.05, 0) is 25.5 Å². The van der Waals surface area contributed by atoms with Gasteiger partial charge in [-0.2, -0.15) is 0 Å². The zero-order valence-electron chi connectivity index (χ0n) is 16.4. The molecule has 1 heterocycles. The van der Waals surface area contributed by atoms with Gasteiger partial charge in [0.2, 0.25) is 5.75 Å². The quantitative estimate of drug-likeness (QED) is 0.684. The average molecular weight is 380 g/mol. The van der Waals surface area contributed by atoms with Crippen LogP contribution >= 0.6 is 0 Å². The Balaban J connectivity index is 2.09. The largest absolute Gasteiger partial charge is 0.493 e. The molecule has 8 heteroatoms. The van der Waals surface area contributed by atoms with Gasteiger partial charge in [-0.25, -0.2) is 0 Å². The van der Waals surface area contributed by atoms with Gasteiger partial charge in [0.1, 0.15) is 0 Å². The smallest absolute Gasteiger partial charge is 0.305 e. The number of amides is 1. The molecule has 0 aliphatic carbocycles. The molecule has 0 saturated carbocycles. The molecule has 0 bridgehead atoms. The molecule has 0 radical (unpaired) electrons. The lowest BCUT2D eigenvalue weighted by atomic mass is 10.1. The predicted molar refractivity (Wildman–Crippen MR) is 99.7 cm³/mol. The fourth-order valence-electron chi connectivity index (χ4n) is 3.12. The van der Waals surface area contributed by atoms with Crippen LogP contribution in [-0.4, -0.2) is 70.4 Å². The molecular weight excluding hydrogens is 352 g/mol. The second-order valence-corrected chi connectivity index (χ2v) is 6.16. The molecule has 1 aromatic rings. The van der Waals surface area contributed by atoms with Crippen molar-refractivity contribution >= 4 is 11.9 Å². The Kier molecular flexibility index (Phi) is 7.72. The molecule has 1 unspecified atom stereocenters. The minimum absolute atomic E-state index is 0.0501. The second kappa shape index (κ2) is 10.0. The number of methoxy groups -OCH3 is 3. The summed E-state index contributed by atoms with van der Waals surface area (Å²) in [5, 5.41) is 3.35. The summed E-state index contributed by atoms with van der Waals surface area (Å²) in [6.07, 6.45) is 0.954. The van der Waals surface area contributed by atoms with Crippen LogP contribution in [0.15, 0.2) is 12.1 Å². The van der Waals surface area contributed by atoms with Crippen LogP contribution in [0, 0.1) is 0 Å². The number of nitrogens with one attached hydrogen (secondary N) is 1. The van der Waals surface area contributed by atoms with Gasteiger partial charge in [0.25, 0.3) is 5.91 Å². The van der Waals surface area contributed by atoms with Crippen LogP contribution in [0.4, 0.5) is 0 Å². The van der Waals surface area contributed by atoms with Gasteiger partial charge in [0.15, 0.2) is 11.5 Å². The minimum atomic E-state index is -0.215. The second-order valence-electron chi connectivity index (χ2n) is 6.16. The zero-order chi connectivity index (χ0) is 19.8. The Bertz CT molecular complexity index is 639. The zero-order valence-corrected chi connectivity index (χ0v) is 16.4. The molecule has 1 saturated heterocycles. The molecule has 1 N–H and O–H groups in total. The molecule has 1 amide bonds. The number of carbonyl (C=O) groups excluding carboxylic acids is 2. The van der Waals surface area contributed by atoms with Crippen molar-refractivity contribution in [2.75, 3.05) is 47.6 Å². The summed E-state index contributed by atoms with van der Waals surface area (Å²) in [5.74, 6) is 0.997. The lowest BCUT2D eigenvalue weighted by Crippen LogP contribution is -2.52. The fourth-order valence-corrected chi connectivity index (χ4v) is 3.12. The number of rotatable bonds is 8. The first kappa shape index (κ1) is 20.8. The van der Waals surface area contributed by atoms with Crippen molar-refractivity contribution < 1.29 is 28.5 Å². The molecule has 1 fully saturated rings. The molecule has 2 rings (SSSR count). The number of nitrogens with zero attached hydrogens (tertiary/aromatic N) is 1. The molecule has 1 atom stereocenters. The monoisotopic (exact) mass is 380 g/mol. The van der Waals surface area contributed by atoms with Gasteiger partial charge in [-0.3, -0.25) is 9.59 Å². The molecule has 0 spiro atoms. The van der Waals surface area contributed by atoms with Gasteiger partial charge < -0.3 is 29.2 Å². The lowest BCUT2D eigenvalue weighted by molar-refractivity contribution is -0.143. The Morgan fingerprint density at radius 1 is 1.15 bits per heavy atom. The number of benzene rings is 1. The van der Waals surface area contributed by atoms with Crippen molar-refractivity contribution in [1.82, 2.24) is 10.2 Å². The van der Waals surface area contributed by atoms with E-state index in [0.29, 0.717) is 61.9 Å². The summed E-state index contributed by atoms with van der Waals surface area (Å²) in [4.78, 5) is 26.3. The molecule has 8 nitrogen and oxygen atoms in total. The van der Waals surface area contributed by atoms with E-state index in [0.717, 1.165) is 0 Å². The van der Waals surface area contributed by atoms with Crippen LogP contribution in [0.1, 0.15) is 30.1 Å². The molecule has 150 valence electrons. The van der Waals surface area contributed by atoms with Crippen molar-refractivity contribution in [3.05, 3.63) is 17.7 Å². The molecule has 1 aromatic carbocycles. The van der Waals surface area contributed by atoms with E-state index < -0.39 is 0 Å². The van der Waals surface area contributed by atoms with E-state index >= 15 is 0 Å². The Morgan fingerprint density at radius 3 is 2.37 bits per heavy atom. The highest BCUT2D eigenvalue weighted by Gasteiger charge is 2.26. The SMILES string of the molecule is CCOC(=O)CCC1CN(C(=O)c2cc(OC)c(OC)c(OC)c2)CCN1. The van der Waals surface area contributed by atoms with E-state index in [-0.39, 0.29) is 17.9 Å². The first-order valence-corrected chi connectivity index (χ1v) is 9.02. The molecule has 1 aliphatic rings. The third-order valence-corrected chi connectivity index (χ3v) is 4.46. The number of ether oxygens (including phenoxy) is 4. The van der Waals surface area contributed by atoms with E-state index in [9.17, 15) is 9.59 Å². The van der Waals surface area contributed by atoms with E-state index in [2.05, 4.69) is 5.32 Å². The van der Waals surface area contributed by atoms with Gasteiger partial charge in [-0.15, -0.1) is 0 Å². The number of piperazine rings is 1. The van der Waals surface area contributed by atoms with Crippen molar-refractivity contribution in [2.45, 2.75) is 25.8 Å². The van der Waals surface area contributed by atoms with E-state index in [4.69, 9.17) is 18.9 Å². The number of esters is 1. The summed E-state index contributed by atoms with van der Waals surface area (Å²) in [6, 6.07) is 3.35. The van der Waals surface area contributed by atoms with Crippen molar-refractivity contribution in [3.8, 4) is 17.2 Å². The summed E-state index contributed by atoms with van der Waals surface area (Å²) < 4.78 is 20.9. The summed E-state index contributed by atoms with van der Waals surface area (Å²) in [5.41, 5.74) is 0.468. The molecule has 1 aliphatic heterocycles. The Morgan fingerprint density at radius 2 is 1.81 bits per heavy atom. The van der Waals surface area contributed by atoms with E-state index in [1.54, 1.807) is 24.0 Å². The minimum Gasteiger partial charge on any atom is -0.493 e. The highest BCUT2D eigenvalue weighted by atomic mass is 16.5. The maximum Gasteiger partial charge on any atom is 0.305 e. The van der Waals surface area contributed by atoms with Crippen LogP contribution in [0.3, 0.4) is 0 Å². The average Bonchev–Trinajstić information content (AvgIpc) is 2.70. The third kappa shape index (κ3) is 5.26. The maximum absolute atomic E-state index is 13.0. The standard InChI is InChI=1S/C19H28N2O6/c1-5-27-17(22)7-6-14-12-21(9-8-20-14)19(23)13-10-15(24-2)18(26-4)16(11-13)25-3/h10-11,14,20H,5-9,12H2,1-4H3. The van der Waals surface area contributed by atoms with Crippen LogP contribution < -0.4 is 19.5 Å². The lowest BCUT2D eigenvalue weighted by Gasteiger charge is -2.34. The molecule has 0 aromatic heterocycles. The summed E-state index contributed by atoms with van der Waals surface area (Å²) >= 11 is 0. The van der Waals surface area contributed by atoms with E-state index in [1.807, 2.05) is 0 Å². The van der Waals surface area contributed by atoms with Gasteiger partial charge in [0, 0.05) is 37.7 Å². The Hall–Kier alpha value is -2.48. The van der Waals surface area contributed by atoms with Crippen LogP contribution in [0.25, 0.3) is 0 Å². The van der Waals surface area contributed by atoms with Crippen molar-refractivity contribution in [1.29, 1.82) is 0 Å². The van der Waals surface area contributed by atoms with Gasteiger partial charge >= 0.3 is 5.97 Å². The predicted octanol–water partition coefficient (Wildman–Crippen LogP) is 1.47. The first-order chi connectivity index (χ1) is 13.0. The summed E-state index contributed by atoms with van der Waals surface area (Å²) in [7, 11) is 4.55. The number of hydrogen-bond donors (Lipinski definition) is 1. The number of hydrogen-bond acceptors (Lipinski definition) is 7. The number of carbonyl (C=O) groups is 2. The normalized spacial score (nSPS) is 16.6. The third-order valence-electron chi connectivity index (χ3n) is 4.46. The highest BCUT2D eigenvalue weighted by molar-refractivity contribution is 5.95. The highest BCUT2D eigenvalue weighted by Crippen LogP contribution is 2.38. The molecule has 27 heavy (non-hydrogen) atoms. The van der Waals surface area contributed by atoms with E-state index in [1.165, 1.54) is 21.3 Å². The summed E-state index contributed by atoms with van der Waals surface area (Å²) in [6.45, 7) is 3.95. The van der Waals surface area contributed by atoms with Crippen molar-refractivity contribution in [2.24, 2.45) is 0 Å². The van der Waals surface area contributed by atoms with Crippen LogP contribution in [-0.2, 0) is 9.53 Å². The maximum atomic E-state index is 13.0. The van der Waals surface area contributed by atoms with Crippen molar-refractivity contribution in [3.63, 3.8) is 0 Å². The van der Waals surface area contributed by atoms with Crippen LogP contribution in [0.5, 0.6) is 17.2 Å². The Labute approximate surface area is 159 Å². The topological polar surface area (TPSA) is 86.3 Å². The molecular formula is C19H28N2O6. The van der Waals surface area contributed by atoms with Gasteiger partial charge in [0.05, 0.1) is 27.9 Å². The fraction of sp³-hybridized carbons (Fsp3) is 0.579. The van der Waals surface area contributed by atoms with Gasteiger partial charge in [-0.1, -0.05) is 0 Å². The first-order valence-electron chi connectivity index (χ1n) is 9.02. The van der Waals surface area contributed by atoms with Crippen LogP contribution in [0.2, 0.25) is 0 Å².